The minimum absolute atomic E-state index is 0.166. The summed E-state index contributed by atoms with van der Waals surface area (Å²) in [5, 5.41) is 3.08. The summed E-state index contributed by atoms with van der Waals surface area (Å²) in [6.07, 6.45) is 0.891. The van der Waals surface area contributed by atoms with Crippen molar-refractivity contribution in [3.8, 4) is 0 Å². The van der Waals surface area contributed by atoms with Crippen LogP contribution in [0, 0.1) is 6.92 Å². The Morgan fingerprint density at radius 3 is 2.53 bits per heavy atom. The molecule has 5 rings (SSSR count). The standard InChI is InChI=1S/C27H30F2N2O3S2/c1-19-4-7-23(8-5-19)36(33,34)31-15-2-3-24(31)26(32)30(22-10-13-27(28,29)14-11-22)18-20-6-9-25-21(17-20)12-16-35-25/h4-9,12,16-17,22,24H,2-3,10-11,13-15,18H2,1H3/t24-/m0/s1. The van der Waals surface area contributed by atoms with Gasteiger partial charge in [-0.05, 0) is 79.3 Å². The molecule has 2 aromatic carbocycles. The molecule has 2 fully saturated rings. The highest BCUT2D eigenvalue weighted by Crippen LogP contribution is 2.37. The zero-order valence-corrected chi connectivity index (χ0v) is 21.8. The van der Waals surface area contributed by atoms with Gasteiger partial charge in [0.25, 0.3) is 0 Å². The Bertz CT molecular complexity index is 1340. The Morgan fingerprint density at radius 1 is 1.08 bits per heavy atom. The molecule has 1 aromatic heterocycles. The zero-order valence-electron chi connectivity index (χ0n) is 20.2. The third-order valence-electron chi connectivity index (χ3n) is 7.40. The Balaban J connectivity index is 1.44. The lowest BCUT2D eigenvalue weighted by Gasteiger charge is -2.39. The molecule has 1 aliphatic carbocycles. The summed E-state index contributed by atoms with van der Waals surface area (Å²) >= 11 is 1.63. The largest absolute Gasteiger partial charge is 0.334 e. The Morgan fingerprint density at radius 2 is 1.81 bits per heavy atom. The maximum atomic E-state index is 14.0. The summed E-state index contributed by atoms with van der Waals surface area (Å²) in [6, 6.07) is 13.5. The van der Waals surface area contributed by atoms with E-state index in [2.05, 4.69) is 0 Å². The maximum absolute atomic E-state index is 14.0. The molecule has 0 radical (unpaired) electrons. The molecule has 0 unspecified atom stereocenters. The van der Waals surface area contributed by atoms with Crippen molar-refractivity contribution in [3.63, 3.8) is 0 Å². The van der Waals surface area contributed by atoms with Crippen molar-refractivity contribution < 1.29 is 22.0 Å². The number of halogens is 2. The number of hydrogen-bond donors (Lipinski definition) is 0. The number of nitrogens with zero attached hydrogens (tertiary/aromatic N) is 2. The quantitative estimate of drug-likeness (QED) is 0.393. The fourth-order valence-corrected chi connectivity index (χ4v) is 7.77. The molecule has 36 heavy (non-hydrogen) atoms. The van der Waals surface area contributed by atoms with Gasteiger partial charge in [-0.25, -0.2) is 17.2 Å². The number of benzene rings is 2. The predicted molar refractivity (Wildman–Crippen MR) is 138 cm³/mol. The van der Waals surface area contributed by atoms with Crippen molar-refractivity contribution >= 4 is 37.4 Å². The summed E-state index contributed by atoms with van der Waals surface area (Å²) in [6.45, 7) is 2.43. The van der Waals surface area contributed by atoms with Gasteiger partial charge in [-0.1, -0.05) is 23.8 Å². The smallest absolute Gasteiger partial charge is 0.248 e. The second-order valence-corrected chi connectivity index (χ2v) is 12.8. The van der Waals surface area contributed by atoms with Gasteiger partial charge in [-0.2, -0.15) is 4.31 Å². The summed E-state index contributed by atoms with van der Waals surface area (Å²) in [7, 11) is -3.86. The summed E-state index contributed by atoms with van der Waals surface area (Å²) < 4.78 is 57.3. The molecule has 1 aliphatic heterocycles. The van der Waals surface area contributed by atoms with Crippen LogP contribution in [0.25, 0.3) is 10.1 Å². The first kappa shape index (κ1) is 25.3. The topological polar surface area (TPSA) is 57.7 Å². The highest BCUT2D eigenvalue weighted by molar-refractivity contribution is 7.89. The normalized spacial score (nSPS) is 21.1. The number of alkyl halides is 2. The van der Waals surface area contributed by atoms with Crippen LogP contribution in [0.2, 0.25) is 0 Å². The van der Waals surface area contributed by atoms with E-state index in [0.717, 1.165) is 21.2 Å². The van der Waals surface area contributed by atoms with E-state index in [0.29, 0.717) is 12.8 Å². The molecule has 9 heteroatoms. The molecular formula is C27H30F2N2O3S2. The van der Waals surface area contributed by atoms with Crippen LogP contribution in [-0.2, 0) is 21.4 Å². The molecule has 192 valence electrons. The number of rotatable bonds is 6. The van der Waals surface area contributed by atoms with Crippen LogP contribution in [0.3, 0.4) is 0 Å². The van der Waals surface area contributed by atoms with Crippen LogP contribution < -0.4 is 0 Å². The number of amides is 1. The molecular weight excluding hydrogens is 502 g/mol. The van der Waals surface area contributed by atoms with Gasteiger partial charge in [-0.15, -0.1) is 11.3 Å². The molecule has 1 saturated carbocycles. The molecule has 5 nitrogen and oxygen atoms in total. The first-order chi connectivity index (χ1) is 17.1. The first-order valence-corrected chi connectivity index (χ1v) is 14.7. The van der Waals surface area contributed by atoms with Crippen LogP contribution in [0.4, 0.5) is 8.78 Å². The van der Waals surface area contributed by atoms with Gasteiger partial charge < -0.3 is 4.90 Å². The van der Waals surface area contributed by atoms with E-state index in [9.17, 15) is 22.0 Å². The van der Waals surface area contributed by atoms with Crippen molar-refractivity contribution in [1.29, 1.82) is 0 Å². The lowest BCUT2D eigenvalue weighted by molar-refractivity contribution is -0.141. The van der Waals surface area contributed by atoms with E-state index in [1.54, 1.807) is 40.5 Å². The molecule has 0 spiro atoms. The average molecular weight is 533 g/mol. The predicted octanol–water partition coefficient (Wildman–Crippen LogP) is 5.97. The van der Waals surface area contributed by atoms with Gasteiger partial charge in [0, 0.05) is 36.7 Å². The fraction of sp³-hybridized carbons (Fsp3) is 0.444. The highest BCUT2D eigenvalue weighted by Gasteiger charge is 2.44. The van der Waals surface area contributed by atoms with E-state index in [4.69, 9.17) is 0 Å². The Kier molecular flexibility index (Phi) is 6.91. The minimum Gasteiger partial charge on any atom is -0.334 e. The van der Waals surface area contributed by atoms with E-state index in [-0.39, 0.29) is 55.6 Å². The molecule has 0 bridgehead atoms. The monoisotopic (exact) mass is 532 g/mol. The molecule has 1 saturated heterocycles. The molecule has 1 atom stereocenters. The lowest BCUT2D eigenvalue weighted by atomic mass is 9.90. The first-order valence-electron chi connectivity index (χ1n) is 12.4. The number of thiophene rings is 1. The Labute approximate surface area is 214 Å². The number of carbonyl (C=O) groups is 1. The average Bonchev–Trinajstić information content (AvgIpc) is 3.52. The zero-order chi connectivity index (χ0) is 25.5. The Hall–Kier alpha value is -2.36. The highest BCUT2D eigenvalue weighted by atomic mass is 32.2. The number of carbonyl (C=O) groups excluding carboxylic acids is 1. The maximum Gasteiger partial charge on any atom is 0.248 e. The molecule has 3 aromatic rings. The van der Waals surface area contributed by atoms with Gasteiger partial charge in [0.1, 0.15) is 6.04 Å². The van der Waals surface area contributed by atoms with Gasteiger partial charge in [-0.3, -0.25) is 4.79 Å². The molecule has 1 amide bonds. The van der Waals surface area contributed by atoms with Crippen LogP contribution in [0.15, 0.2) is 58.8 Å². The van der Waals surface area contributed by atoms with Gasteiger partial charge >= 0.3 is 0 Å². The number of sulfonamides is 1. The summed E-state index contributed by atoms with van der Waals surface area (Å²) in [5.41, 5.74) is 1.86. The second-order valence-electron chi connectivity index (χ2n) is 9.93. The summed E-state index contributed by atoms with van der Waals surface area (Å²) in [4.78, 5) is 15.8. The van der Waals surface area contributed by atoms with E-state index >= 15 is 0 Å². The van der Waals surface area contributed by atoms with Gasteiger partial charge in [0.05, 0.1) is 4.90 Å². The molecule has 2 aliphatic rings. The lowest BCUT2D eigenvalue weighted by Crippen LogP contribution is -2.52. The van der Waals surface area contributed by atoms with Crippen LogP contribution in [0.1, 0.15) is 49.7 Å². The third kappa shape index (κ3) is 5.06. The molecule has 0 N–H and O–H groups in total. The van der Waals surface area contributed by atoms with Crippen molar-refractivity contribution in [2.24, 2.45) is 0 Å². The van der Waals surface area contributed by atoms with Crippen molar-refractivity contribution in [1.82, 2.24) is 9.21 Å². The molecule has 2 heterocycles. The SMILES string of the molecule is Cc1ccc(S(=O)(=O)N2CCC[C@H]2C(=O)N(Cc2ccc3sccc3c2)C2CCC(F)(F)CC2)cc1. The van der Waals surface area contributed by atoms with Crippen molar-refractivity contribution in [3.05, 3.63) is 65.0 Å². The second kappa shape index (κ2) is 9.84. The van der Waals surface area contributed by atoms with E-state index < -0.39 is 22.0 Å². The fourth-order valence-electron chi connectivity index (χ4n) is 5.35. The van der Waals surface area contributed by atoms with Crippen LogP contribution >= 0.6 is 11.3 Å². The van der Waals surface area contributed by atoms with Crippen LogP contribution in [-0.4, -0.2) is 48.1 Å². The number of hydrogen-bond acceptors (Lipinski definition) is 4. The minimum atomic E-state index is -3.86. The van der Waals surface area contributed by atoms with Gasteiger partial charge in [0.15, 0.2) is 0 Å². The van der Waals surface area contributed by atoms with E-state index in [1.807, 2.05) is 36.6 Å². The third-order valence-corrected chi connectivity index (χ3v) is 10.2. The number of fused-ring (bicyclic) bond motifs is 1. The van der Waals surface area contributed by atoms with Gasteiger partial charge in [0.2, 0.25) is 21.9 Å². The van der Waals surface area contributed by atoms with Crippen LogP contribution in [0.5, 0.6) is 0 Å². The summed E-state index contributed by atoms with van der Waals surface area (Å²) in [5.74, 6) is -3.00. The van der Waals surface area contributed by atoms with E-state index in [1.165, 1.54) is 4.31 Å². The van der Waals surface area contributed by atoms with Crippen molar-refractivity contribution in [2.75, 3.05) is 6.54 Å². The number of aryl methyl sites for hydroxylation is 1. The van der Waals surface area contributed by atoms with Crippen molar-refractivity contribution in [2.45, 2.75) is 74.9 Å².